The maximum Gasteiger partial charge on any atom is 0.0968 e. The zero-order chi connectivity index (χ0) is 18.9. The van der Waals surface area contributed by atoms with Crippen molar-refractivity contribution in [2.45, 2.75) is 26.7 Å². The quantitative estimate of drug-likeness (QED) is 0.487. The average molecular weight is 370 g/mol. The minimum absolute atomic E-state index is 0.218. The molecule has 0 spiro atoms. The van der Waals surface area contributed by atoms with E-state index < -0.39 is 0 Å². The fourth-order valence-electron chi connectivity index (χ4n) is 2.36. The molecule has 2 aromatic rings. The number of rotatable bonds is 7. The minimum Gasteiger partial charge on any atom is -0.404 e. The van der Waals surface area contributed by atoms with E-state index in [9.17, 15) is 4.39 Å². The first kappa shape index (κ1) is 19.8. The number of allylic oxidation sites excluding steroid dienone is 7. The number of hydrogen-bond donors (Lipinski definition) is 1. The molecule has 0 amide bonds. The van der Waals surface area contributed by atoms with Crippen LogP contribution in [0.5, 0.6) is 0 Å². The van der Waals surface area contributed by atoms with Gasteiger partial charge in [-0.1, -0.05) is 31.6 Å². The van der Waals surface area contributed by atoms with Gasteiger partial charge in [0.1, 0.15) is 0 Å². The van der Waals surface area contributed by atoms with Crippen LogP contribution in [0, 0.1) is 0 Å². The third-order valence-electron chi connectivity index (χ3n) is 3.65. The lowest BCUT2D eigenvalue weighted by Gasteiger charge is -1.99. The number of unbranched alkanes of at least 4 members (excludes halogenated alkanes) is 1. The third-order valence-corrected chi connectivity index (χ3v) is 4.79. The van der Waals surface area contributed by atoms with Gasteiger partial charge in [0, 0.05) is 29.9 Å². The van der Waals surface area contributed by atoms with Crippen molar-refractivity contribution in [1.29, 1.82) is 0 Å². The van der Waals surface area contributed by atoms with Crippen molar-refractivity contribution in [3.8, 4) is 0 Å². The van der Waals surface area contributed by atoms with Crippen LogP contribution in [-0.2, 0) is 0 Å². The van der Waals surface area contributed by atoms with Gasteiger partial charge in [-0.3, -0.25) is 4.99 Å². The summed E-state index contributed by atoms with van der Waals surface area (Å²) in [7, 11) is 1.70. The molecular formula is C21H24FN3S. The van der Waals surface area contributed by atoms with Crippen LogP contribution in [0.2, 0.25) is 0 Å². The Morgan fingerprint density at radius 3 is 2.77 bits per heavy atom. The Kier molecular flexibility index (Phi) is 7.48. The van der Waals surface area contributed by atoms with E-state index in [-0.39, 0.29) is 5.83 Å². The predicted octanol–water partition coefficient (Wildman–Crippen LogP) is 5.91. The molecule has 2 N–H and O–H groups in total. The largest absolute Gasteiger partial charge is 0.404 e. The number of aliphatic imine (C=N–C) groups is 1. The molecule has 0 aliphatic rings. The summed E-state index contributed by atoms with van der Waals surface area (Å²) < 4.78 is 14.3. The Morgan fingerprint density at radius 1 is 1.31 bits per heavy atom. The molecule has 136 valence electrons. The second kappa shape index (κ2) is 9.82. The van der Waals surface area contributed by atoms with E-state index in [1.165, 1.54) is 19.2 Å². The van der Waals surface area contributed by atoms with Gasteiger partial charge in [0.2, 0.25) is 0 Å². The van der Waals surface area contributed by atoms with Gasteiger partial charge in [0.05, 0.1) is 21.7 Å². The molecule has 0 radical (unpaired) electrons. The van der Waals surface area contributed by atoms with Gasteiger partial charge in [0.25, 0.3) is 0 Å². The van der Waals surface area contributed by atoms with E-state index >= 15 is 0 Å². The van der Waals surface area contributed by atoms with Crippen LogP contribution in [0.25, 0.3) is 21.4 Å². The van der Waals surface area contributed by atoms with E-state index in [2.05, 4.69) is 23.0 Å². The van der Waals surface area contributed by atoms with Crippen LogP contribution in [-0.4, -0.2) is 18.2 Å². The smallest absolute Gasteiger partial charge is 0.0968 e. The molecule has 0 aliphatic heterocycles. The van der Waals surface area contributed by atoms with Crippen LogP contribution < -0.4 is 5.73 Å². The summed E-state index contributed by atoms with van der Waals surface area (Å²) in [6.45, 7) is 3.57. The summed E-state index contributed by atoms with van der Waals surface area (Å²) in [6, 6.07) is 6.00. The zero-order valence-electron chi connectivity index (χ0n) is 15.4. The number of halogens is 1. The second-order valence-electron chi connectivity index (χ2n) is 5.77. The summed E-state index contributed by atoms with van der Waals surface area (Å²) >= 11 is 1.64. The molecule has 5 heteroatoms. The molecule has 26 heavy (non-hydrogen) atoms. The number of nitrogens with two attached hydrogens (primary N) is 1. The lowest BCUT2D eigenvalue weighted by molar-refractivity contribution is 0.641. The first-order chi connectivity index (χ1) is 12.6. The Balaban J connectivity index is 2.47. The molecule has 0 saturated heterocycles. The maximum absolute atomic E-state index is 13.2. The molecule has 0 saturated carbocycles. The van der Waals surface area contributed by atoms with Crippen LogP contribution in [0.1, 0.15) is 37.3 Å². The highest BCUT2D eigenvalue weighted by molar-refractivity contribution is 7.20. The summed E-state index contributed by atoms with van der Waals surface area (Å²) in [5.41, 5.74) is 9.09. The Hall–Kier alpha value is -2.53. The number of nitrogens with zero attached hydrogens (tertiary/aromatic N) is 2. The standard InChI is InChI=1S/C21H24FN3S/c1-4-5-6-7-16(9-8-15(2)22)21-12-19-20(26-21)11-10-18(25-19)17(13-23)14-24-3/h6-14H,4-5,23H2,1-3H3/b7-6+,15-8+,16-9+,17-13?,24-14?. The van der Waals surface area contributed by atoms with Crippen LogP contribution in [0.4, 0.5) is 4.39 Å². The van der Waals surface area contributed by atoms with Crippen molar-refractivity contribution in [3.05, 3.63) is 65.1 Å². The lowest BCUT2D eigenvalue weighted by Crippen LogP contribution is -1.94. The number of aromatic nitrogens is 1. The number of thiophene rings is 1. The van der Waals surface area contributed by atoms with E-state index in [0.29, 0.717) is 0 Å². The zero-order valence-corrected chi connectivity index (χ0v) is 16.2. The Morgan fingerprint density at radius 2 is 2.12 bits per heavy atom. The summed E-state index contributed by atoms with van der Waals surface area (Å²) in [4.78, 5) is 9.75. The van der Waals surface area contributed by atoms with Gasteiger partial charge < -0.3 is 5.73 Å². The summed E-state index contributed by atoms with van der Waals surface area (Å²) in [6.07, 6.45) is 12.7. The Labute approximate surface area is 158 Å². The Bertz CT molecular complexity index is 897. The molecule has 0 unspecified atom stereocenters. The van der Waals surface area contributed by atoms with Gasteiger partial charge in [-0.15, -0.1) is 11.3 Å². The second-order valence-corrected chi connectivity index (χ2v) is 6.85. The van der Waals surface area contributed by atoms with Crippen molar-refractivity contribution in [3.63, 3.8) is 0 Å². The SMILES string of the molecule is CCC/C=C/C(=C\C=C(/C)F)c1cc2nc(C(C=NC)=CN)ccc2s1. The fraction of sp³-hybridized carbons (Fsp3) is 0.238. The van der Waals surface area contributed by atoms with Crippen molar-refractivity contribution in [2.75, 3.05) is 7.05 Å². The first-order valence-electron chi connectivity index (χ1n) is 8.55. The molecule has 0 atom stereocenters. The van der Waals surface area contributed by atoms with Crippen molar-refractivity contribution >= 4 is 38.9 Å². The molecule has 2 aromatic heterocycles. The highest BCUT2D eigenvalue weighted by Crippen LogP contribution is 2.31. The lowest BCUT2D eigenvalue weighted by atomic mass is 10.1. The number of hydrogen-bond acceptors (Lipinski definition) is 4. The molecule has 2 rings (SSSR count). The first-order valence-corrected chi connectivity index (χ1v) is 9.36. The van der Waals surface area contributed by atoms with Crippen molar-refractivity contribution < 1.29 is 4.39 Å². The van der Waals surface area contributed by atoms with Crippen molar-refractivity contribution in [2.24, 2.45) is 10.7 Å². The maximum atomic E-state index is 13.2. The number of fused-ring (bicyclic) bond motifs is 1. The summed E-state index contributed by atoms with van der Waals surface area (Å²) in [5, 5.41) is 0. The number of pyridine rings is 1. The third kappa shape index (κ3) is 5.23. The molecule has 3 nitrogen and oxygen atoms in total. The highest BCUT2D eigenvalue weighted by Gasteiger charge is 2.08. The van der Waals surface area contributed by atoms with Gasteiger partial charge in [-0.05, 0) is 43.2 Å². The normalized spacial score (nSPS) is 14.2. The predicted molar refractivity (Wildman–Crippen MR) is 113 cm³/mol. The van der Waals surface area contributed by atoms with Crippen LogP contribution >= 0.6 is 11.3 Å². The minimum atomic E-state index is -0.218. The van der Waals surface area contributed by atoms with Crippen LogP contribution in [0.15, 0.2) is 59.5 Å². The van der Waals surface area contributed by atoms with E-state index in [4.69, 9.17) is 5.73 Å². The van der Waals surface area contributed by atoms with Gasteiger partial charge in [-0.25, -0.2) is 9.37 Å². The average Bonchev–Trinajstić information content (AvgIpc) is 3.05. The highest BCUT2D eigenvalue weighted by atomic mass is 32.1. The van der Waals surface area contributed by atoms with Gasteiger partial charge >= 0.3 is 0 Å². The van der Waals surface area contributed by atoms with Crippen LogP contribution in [0.3, 0.4) is 0 Å². The van der Waals surface area contributed by atoms with Crippen molar-refractivity contribution in [1.82, 2.24) is 4.98 Å². The van der Waals surface area contributed by atoms with E-state index in [1.54, 1.807) is 24.6 Å². The molecule has 0 fully saturated rings. The van der Waals surface area contributed by atoms with Gasteiger partial charge in [-0.2, -0.15) is 0 Å². The van der Waals surface area contributed by atoms with E-state index in [1.807, 2.05) is 30.4 Å². The topological polar surface area (TPSA) is 51.3 Å². The molecule has 2 heterocycles. The molecule has 0 aliphatic carbocycles. The molecular weight excluding hydrogens is 345 g/mol. The van der Waals surface area contributed by atoms with E-state index in [0.717, 1.165) is 44.8 Å². The molecule has 0 bridgehead atoms. The summed E-state index contributed by atoms with van der Waals surface area (Å²) in [5.74, 6) is -0.218. The monoisotopic (exact) mass is 369 g/mol. The van der Waals surface area contributed by atoms with Gasteiger partial charge in [0.15, 0.2) is 0 Å². The molecule has 0 aromatic carbocycles. The fourth-order valence-corrected chi connectivity index (χ4v) is 3.37.